The molecule has 0 radical (unpaired) electrons. The van der Waals surface area contributed by atoms with Crippen LogP contribution in [0.3, 0.4) is 0 Å². The van der Waals surface area contributed by atoms with Gasteiger partial charge in [0, 0.05) is 36.8 Å². The van der Waals surface area contributed by atoms with Crippen molar-refractivity contribution in [3.05, 3.63) is 28.6 Å². The molecule has 0 aromatic carbocycles. The Hall–Kier alpha value is -1.44. The average molecular weight is 322 g/mol. The zero-order valence-corrected chi connectivity index (χ0v) is 13.3. The van der Waals surface area contributed by atoms with Gasteiger partial charge < -0.3 is 16.0 Å². The fraction of sp³-hybridized carbons (Fsp3) is 0.429. The van der Waals surface area contributed by atoms with Gasteiger partial charge in [-0.25, -0.2) is 9.78 Å². The highest BCUT2D eigenvalue weighted by molar-refractivity contribution is 7.20. The van der Waals surface area contributed by atoms with E-state index < -0.39 is 0 Å². The van der Waals surface area contributed by atoms with E-state index in [1.165, 1.54) is 9.75 Å². The maximum atomic E-state index is 11.1. The first-order valence-electron chi connectivity index (χ1n) is 6.99. The maximum Gasteiger partial charge on any atom is 0.314 e. The lowest BCUT2D eigenvalue weighted by Gasteiger charge is -2.31. The van der Waals surface area contributed by atoms with Crippen molar-refractivity contribution in [3.63, 3.8) is 0 Å². The molecule has 5 nitrogen and oxygen atoms in total. The monoisotopic (exact) mass is 322 g/mol. The second kappa shape index (κ2) is 6.55. The Balaban J connectivity index is 1.49. The van der Waals surface area contributed by atoms with Gasteiger partial charge in [-0.05, 0) is 24.3 Å². The number of nitrogens with two attached hydrogens (primary N) is 1. The third kappa shape index (κ3) is 3.61. The molecule has 1 aliphatic rings. The summed E-state index contributed by atoms with van der Waals surface area (Å²) >= 11 is 3.45. The first-order valence-corrected chi connectivity index (χ1v) is 8.68. The quantitative estimate of drug-likeness (QED) is 0.908. The van der Waals surface area contributed by atoms with Crippen LogP contribution in [0, 0.1) is 0 Å². The van der Waals surface area contributed by atoms with Crippen LogP contribution in [-0.4, -0.2) is 35.0 Å². The van der Waals surface area contributed by atoms with E-state index in [-0.39, 0.29) is 6.03 Å². The van der Waals surface area contributed by atoms with Crippen molar-refractivity contribution in [1.82, 2.24) is 15.2 Å². The normalized spacial score (nSPS) is 16.3. The molecule has 0 saturated carbocycles. The first-order chi connectivity index (χ1) is 10.2. The molecule has 1 fully saturated rings. The van der Waals surface area contributed by atoms with Crippen molar-refractivity contribution in [2.75, 3.05) is 13.1 Å². The summed E-state index contributed by atoms with van der Waals surface area (Å²) in [6.45, 7) is 2.33. The molecular formula is C14H18N4OS2. The second-order valence-electron chi connectivity index (χ2n) is 5.09. The van der Waals surface area contributed by atoms with E-state index in [9.17, 15) is 4.79 Å². The van der Waals surface area contributed by atoms with Crippen LogP contribution < -0.4 is 11.1 Å². The van der Waals surface area contributed by atoms with E-state index in [1.807, 2.05) is 12.3 Å². The molecule has 0 unspecified atom stereocenters. The summed E-state index contributed by atoms with van der Waals surface area (Å²) in [5, 5.41) is 6.71. The minimum absolute atomic E-state index is 0.309. The average Bonchev–Trinajstić information content (AvgIpc) is 3.16. The van der Waals surface area contributed by atoms with Crippen molar-refractivity contribution in [3.8, 4) is 9.88 Å². The Morgan fingerprint density at radius 1 is 1.48 bits per heavy atom. The number of carbonyl (C=O) groups excluding carboxylic acids is 1. The van der Waals surface area contributed by atoms with Gasteiger partial charge in [0.2, 0.25) is 0 Å². The van der Waals surface area contributed by atoms with Gasteiger partial charge in [-0.2, -0.15) is 0 Å². The molecule has 2 aromatic heterocycles. The van der Waals surface area contributed by atoms with Crippen LogP contribution in [-0.2, 0) is 6.54 Å². The molecule has 1 aliphatic heterocycles. The number of piperidine rings is 1. The fourth-order valence-electron chi connectivity index (χ4n) is 2.45. The molecule has 112 valence electrons. The summed E-state index contributed by atoms with van der Waals surface area (Å²) in [6, 6.07) is 4.29. The lowest BCUT2D eigenvalue weighted by Crippen LogP contribution is -2.46. The van der Waals surface area contributed by atoms with Crippen molar-refractivity contribution >= 4 is 28.7 Å². The molecule has 7 heteroatoms. The number of aromatic nitrogens is 1. The number of hydrogen-bond donors (Lipinski definition) is 2. The summed E-state index contributed by atoms with van der Waals surface area (Å²) in [6.07, 6.45) is 3.87. The van der Waals surface area contributed by atoms with Crippen LogP contribution >= 0.6 is 22.7 Å². The minimum Gasteiger partial charge on any atom is -0.351 e. The molecule has 21 heavy (non-hydrogen) atoms. The van der Waals surface area contributed by atoms with Gasteiger partial charge >= 0.3 is 6.03 Å². The van der Waals surface area contributed by atoms with Gasteiger partial charge in [0.05, 0.1) is 4.88 Å². The number of thiophene rings is 1. The van der Waals surface area contributed by atoms with Gasteiger partial charge in [0.15, 0.2) is 0 Å². The van der Waals surface area contributed by atoms with Crippen LogP contribution in [0.2, 0.25) is 0 Å². The van der Waals surface area contributed by atoms with E-state index in [0.29, 0.717) is 6.04 Å². The predicted molar refractivity (Wildman–Crippen MR) is 86.4 cm³/mol. The summed E-state index contributed by atoms with van der Waals surface area (Å²) < 4.78 is 0. The van der Waals surface area contributed by atoms with Crippen molar-refractivity contribution in [2.24, 2.45) is 5.73 Å². The summed E-state index contributed by atoms with van der Waals surface area (Å²) in [5.41, 5.74) is 5.29. The summed E-state index contributed by atoms with van der Waals surface area (Å²) in [7, 11) is 0. The van der Waals surface area contributed by atoms with Crippen molar-refractivity contribution in [1.29, 1.82) is 0 Å². The summed E-state index contributed by atoms with van der Waals surface area (Å²) in [4.78, 5) is 19.7. The number of urea groups is 1. The molecule has 3 N–H and O–H groups in total. The van der Waals surface area contributed by atoms with Crippen molar-refractivity contribution < 1.29 is 4.79 Å². The highest BCUT2D eigenvalue weighted by Crippen LogP contribution is 2.28. The molecule has 1 saturated heterocycles. The molecule has 3 heterocycles. The molecule has 0 spiro atoms. The number of nitrogens with one attached hydrogen (secondary N) is 1. The Kier molecular flexibility index (Phi) is 4.52. The third-order valence-corrected chi connectivity index (χ3v) is 5.69. The third-order valence-electron chi connectivity index (χ3n) is 3.66. The zero-order valence-electron chi connectivity index (χ0n) is 11.6. The van der Waals surface area contributed by atoms with Crippen LogP contribution in [0.15, 0.2) is 23.7 Å². The number of nitrogens with zero attached hydrogens (tertiary/aromatic N) is 2. The Morgan fingerprint density at radius 3 is 2.95 bits per heavy atom. The minimum atomic E-state index is -0.309. The number of carbonyl (C=O) groups is 1. The molecule has 0 aliphatic carbocycles. The highest BCUT2D eigenvalue weighted by Gasteiger charge is 2.20. The van der Waals surface area contributed by atoms with E-state index in [0.717, 1.165) is 37.5 Å². The lowest BCUT2D eigenvalue weighted by atomic mass is 10.1. The summed E-state index contributed by atoms with van der Waals surface area (Å²) in [5.74, 6) is 0. The van der Waals surface area contributed by atoms with E-state index >= 15 is 0 Å². The van der Waals surface area contributed by atoms with Gasteiger partial charge in [0.1, 0.15) is 5.01 Å². The molecule has 0 bridgehead atoms. The predicted octanol–water partition coefficient (Wildman–Crippen LogP) is 2.50. The van der Waals surface area contributed by atoms with Crippen molar-refractivity contribution in [2.45, 2.75) is 25.4 Å². The Bertz CT molecular complexity index is 588. The number of likely N-dealkylation sites (tertiary alicyclic amines) is 1. The van der Waals surface area contributed by atoms with Crippen LogP contribution in [0.4, 0.5) is 4.79 Å². The number of amides is 2. The molecule has 3 rings (SSSR count). The molecule has 2 aromatic rings. The van der Waals surface area contributed by atoms with Gasteiger partial charge in [0.25, 0.3) is 0 Å². The largest absolute Gasteiger partial charge is 0.351 e. The zero-order chi connectivity index (χ0) is 14.7. The van der Waals surface area contributed by atoms with E-state index in [2.05, 4.69) is 21.7 Å². The SMILES string of the molecule is NC(=O)N1CCC(NCc2cnc(-c3cccs3)s2)CC1. The van der Waals surface area contributed by atoms with E-state index in [4.69, 9.17) is 5.73 Å². The van der Waals surface area contributed by atoms with Gasteiger partial charge in [-0.3, -0.25) is 0 Å². The van der Waals surface area contributed by atoms with Crippen LogP contribution in [0.5, 0.6) is 0 Å². The lowest BCUT2D eigenvalue weighted by molar-refractivity contribution is 0.185. The molecular weight excluding hydrogens is 304 g/mol. The smallest absolute Gasteiger partial charge is 0.314 e. The number of primary amides is 1. The first kappa shape index (κ1) is 14.5. The second-order valence-corrected chi connectivity index (χ2v) is 7.15. The fourth-order valence-corrected chi connectivity index (χ4v) is 4.12. The number of rotatable bonds is 4. The number of hydrogen-bond acceptors (Lipinski definition) is 5. The van der Waals surface area contributed by atoms with Crippen LogP contribution in [0.1, 0.15) is 17.7 Å². The van der Waals surface area contributed by atoms with E-state index in [1.54, 1.807) is 27.6 Å². The Morgan fingerprint density at radius 2 is 2.29 bits per heavy atom. The Labute approximate surface area is 131 Å². The maximum absolute atomic E-state index is 11.1. The highest BCUT2D eigenvalue weighted by atomic mass is 32.1. The molecule has 0 atom stereocenters. The van der Waals surface area contributed by atoms with Gasteiger partial charge in [-0.1, -0.05) is 6.07 Å². The van der Waals surface area contributed by atoms with Crippen LogP contribution in [0.25, 0.3) is 9.88 Å². The van der Waals surface area contributed by atoms with Gasteiger partial charge in [-0.15, -0.1) is 22.7 Å². The molecule has 2 amide bonds. The standard InChI is InChI=1S/C14H18N4OS2/c15-14(19)18-5-3-10(4-6-18)16-8-11-9-17-13(21-11)12-2-1-7-20-12/h1-2,7,9-10,16H,3-6,8H2,(H2,15,19). The topological polar surface area (TPSA) is 71.2 Å². The number of thiazole rings is 1.